The van der Waals surface area contributed by atoms with Crippen LogP contribution in [0.25, 0.3) is 0 Å². The Morgan fingerprint density at radius 3 is 2.56 bits per heavy atom. The molecule has 0 radical (unpaired) electrons. The Morgan fingerprint density at radius 1 is 1.28 bits per heavy atom. The molecule has 1 saturated heterocycles. The molecule has 0 aromatic rings. The van der Waals surface area contributed by atoms with E-state index in [0.29, 0.717) is 12.6 Å². The highest BCUT2D eigenvalue weighted by atomic mass is 16.2. The lowest BCUT2D eigenvalue weighted by Gasteiger charge is -2.38. The maximum absolute atomic E-state index is 11.8. The largest absolute Gasteiger partial charge is 0.338 e. The van der Waals surface area contributed by atoms with Crippen molar-refractivity contribution in [3.05, 3.63) is 0 Å². The third-order valence-electron chi connectivity index (χ3n) is 3.92. The Morgan fingerprint density at radius 2 is 2.00 bits per heavy atom. The van der Waals surface area contributed by atoms with Gasteiger partial charge in [-0.3, -0.25) is 9.59 Å². The van der Waals surface area contributed by atoms with Gasteiger partial charge in [0, 0.05) is 32.1 Å². The highest BCUT2D eigenvalue weighted by Gasteiger charge is 2.35. The Labute approximate surface area is 108 Å². The van der Waals surface area contributed by atoms with Crippen molar-refractivity contribution in [2.24, 2.45) is 5.73 Å². The van der Waals surface area contributed by atoms with Gasteiger partial charge in [0.25, 0.3) is 0 Å². The molecule has 18 heavy (non-hydrogen) atoms. The molecule has 1 heterocycles. The lowest BCUT2D eigenvalue weighted by Crippen LogP contribution is -2.52. The first-order valence-corrected chi connectivity index (χ1v) is 6.90. The molecule has 0 aromatic heterocycles. The Bertz CT molecular complexity index is 328. The number of hydrogen-bond acceptors (Lipinski definition) is 3. The van der Waals surface area contributed by atoms with E-state index in [1.165, 1.54) is 0 Å². The Kier molecular flexibility index (Phi) is 4.22. The lowest BCUT2D eigenvalue weighted by atomic mass is 10.0. The number of nitrogens with two attached hydrogens (primary N) is 1. The number of carbonyl (C=O) groups excluding carboxylic acids is 2. The SMILES string of the molecule is CC(=O)N(C[C@@H]1CCCCN1C(=O)CN)C1CC1. The minimum atomic E-state index is 0.0130. The zero-order chi connectivity index (χ0) is 13.1. The molecule has 2 N–H and O–H groups in total. The molecule has 5 nitrogen and oxygen atoms in total. The van der Waals surface area contributed by atoms with Gasteiger partial charge in [0.2, 0.25) is 11.8 Å². The van der Waals surface area contributed by atoms with Crippen molar-refractivity contribution < 1.29 is 9.59 Å². The van der Waals surface area contributed by atoms with E-state index in [1.807, 2.05) is 9.80 Å². The van der Waals surface area contributed by atoms with Gasteiger partial charge in [-0.05, 0) is 32.1 Å². The van der Waals surface area contributed by atoms with E-state index in [2.05, 4.69) is 0 Å². The molecule has 5 heteroatoms. The zero-order valence-electron chi connectivity index (χ0n) is 11.1. The second-order valence-electron chi connectivity index (χ2n) is 5.34. The fourth-order valence-electron chi connectivity index (χ4n) is 2.78. The summed E-state index contributed by atoms with van der Waals surface area (Å²) in [5.74, 6) is 0.141. The number of rotatable bonds is 4. The summed E-state index contributed by atoms with van der Waals surface area (Å²) in [6.07, 6.45) is 5.39. The van der Waals surface area contributed by atoms with Gasteiger partial charge in [-0.1, -0.05) is 0 Å². The van der Waals surface area contributed by atoms with Crippen LogP contribution in [0.3, 0.4) is 0 Å². The maximum atomic E-state index is 11.8. The first kappa shape index (κ1) is 13.3. The molecular formula is C13H23N3O2. The van der Waals surface area contributed by atoms with Crippen molar-refractivity contribution in [2.75, 3.05) is 19.6 Å². The van der Waals surface area contributed by atoms with Crippen molar-refractivity contribution in [1.82, 2.24) is 9.80 Å². The van der Waals surface area contributed by atoms with Gasteiger partial charge in [-0.25, -0.2) is 0 Å². The van der Waals surface area contributed by atoms with Gasteiger partial charge < -0.3 is 15.5 Å². The van der Waals surface area contributed by atoms with Crippen LogP contribution in [0, 0.1) is 0 Å². The molecule has 0 spiro atoms. The summed E-state index contributed by atoms with van der Waals surface area (Å²) < 4.78 is 0. The summed E-state index contributed by atoms with van der Waals surface area (Å²) in [5, 5.41) is 0. The number of piperidine rings is 1. The van der Waals surface area contributed by atoms with Gasteiger partial charge in [0.05, 0.1) is 6.54 Å². The fourth-order valence-corrected chi connectivity index (χ4v) is 2.78. The molecule has 102 valence electrons. The number of carbonyl (C=O) groups is 2. The first-order valence-electron chi connectivity index (χ1n) is 6.90. The molecule has 2 aliphatic rings. The fraction of sp³-hybridized carbons (Fsp3) is 0.846. The van der Waals surface area contributed by atoms with Crippen LogP contribution in [0.1, 0.15) is 39.0 Å². The predicted molar refractivity (Wildman–Crippen MR) is 68.8 cm³/mol. The van der Waals surface area contributed by atoms with Gasteiger partial charge in [-0.15, -0.1) is 0 Å². The van der Waals surface area contributed by atoms with E-state index >= 15 is 0 Å². The third kappa shape index (κ3) is 3.02. The van der Waals surface area contributed by atoms with Crippen LogP contribution in [0.2, 0.25) is 0 Å². The molecule has 1 aliphatic carbocycles. The summed E-state index contributed by atoms with van der Waals surface area (Å²) in [4.78, 5) is 27.3. The highest BCUT2D eigenvalue weighted by molar-refractivity contribution is 5.78. The maximum Gasteiger partial charge on any atom is 0.236 e. The molecule has 2 amide bonds. The minimum Gasteiger partial charge on any atom is -0.338 e. The summed E-state index contributed by atoms with van der Waals surface area (Å²) in [5.41, 5.74) is 5.46. The van der Waals surface area contributed by atoms with Gasteiger partial charge >= 0.3 is 0 Å². The smallest absolute Gasteiger partial charge is 0.236 e. The quantitative estimate of drug-likeness (QED) is 0.785. The Hall–Kier alpha value is -1.10. The van der Waals surface area contributed by atoms with Crippen LogP contribution >= 0.6 is 0 Å². The highest BCUT2D eigenvalue weighted by Crippen LogP contribution is 2.29. The average molecular weight is 253 g/mol. The molecule has 1 atom stereocenters. The van der Waals surface area contributed by atoms with Crippen molar-refractivity contribution in [1.29, 1.82) is 0 Å². The lowest BCUT2D eigenvalue weighted by molar-refractivity contribution is -0.137. The van der Waals surface area contributed by atoms with E-state index in [4.69, 9.17) is 5.73 Å². The third-order valence-corrected chi connectivity index (χ3v) is 3.92. The van der Waals surface area contributed by atoms with Crippen molar-refractivity contribution >= 4 is 11.8 Å². The molecule has 0 aromatic carbocycles. The van der Waals surface area contributed by atoms with E-state index in [-0.39, 0.29) is 24.4 Å². The number of hydrogen-bond donors (Lipinski definition) is 1. The molecule has 2 fully saturated rings. The second-order valence-corrected chi connectivity index (χ2v) is 5.34. The standard InChI is InChI=1S/C13H23N3O2/c1-10(17)16(11-5-6-11)9-12-4-2-3-7-15(12)13(18)8-14/h11-12H,2-9,14H2,1H3/t12-/m0/s1. The first-order chi connectivity index (χ1) is 8.63. The second kappa shape index (κ2) is 5.69. The van der Waals surface area contributed by atoms with Crippen LogP contribution in [-0.2, 0) is 9.59 Å². The van der Waals surface area contributed by atoms with Crippen molar-refractivity contribution in [3.8, 4) is 0 Å². The van der Waals surface area contributed by atoms with E-state index < -0.39 is 0 Å². The van der Waals surface area contributed by atoms with E-state index in [9.17, 15) is 9.59 Å². The summed E-state index contributed by atoms with van der Waals surface area (Å²) in [7, 11) is 0. The van der Waals surface area contributed by atoms with E-state index in [0.717, 1.165) is 38.6 Å². The summed E-state index contributed by atoms with van der Waals surface area (Å²) >= 11 is 0. The minimum absolute atomic E-state index is 0.0130. The van der Waals surface area contributed by atoms with Gasteiger partial charge in [0.15, 0.2) is 0 Å². The molecule has 2 rings (SSSR count). The van der Waals surface area contributed by atoms with Crippen LogP contribution < -0.4 is 5.73 Å². The van der Waals surface area contributed by atoms with Crippen molar-refractivity contribution in [2.45, 2.75) is 51.1 Å². The van der Waals surface area contributed by atoms with Crippen LogP contribution in [0.5, 0.6) is 0 Å². The number of amides is 2. The van der Waals surface area contributed by atoms with Crippen LogP contribution in [-0.4, -0.2) is 53.3 Å². The number of nitrogens with zero attached hydrogens (tertiary/aromatic N) is 2. The van der Waals surface area contributed by atoms with Crippen LogP contribution in [0.4, 0.5) is 0 Å². The molecular weight excluding hydrogens is 230 g/mol. The topological polar surface area (TPSA) is 66.6 Å². The van der Waals surface area contributed by atoms with Gasteiger partial charge in [-0.2, -0.15) is 0 Å². The predicted octanol–water partition coefficient (Wildman–Crippen LogP) is 0.337. The average Bonchev–Trinajstić information content (AvgIpc) is 3.19. The molecule has 0 unspecified atom stereocenters. The van der Waals surface area contributed by atoms with Crippen LogP contribution in [0.15, 0.2) is 0 Å². The number of likely N-dealkylation sites (tertiary alicyclic amines) is 1. The summed E-state index contributed by atoms with van der Waals surface area (Å²) in [6.45, 7) is 3.17. The molecule has 0 bridgehead atoms. The van der Waals surface area contributed by atoms with Crippen molar-refractivity contribution in [3.63, 3.8) is 0 Å². The monoisotopic (exact) mass is 253 g/mol. The summed E-state index contributed by atoms with van der Waals surface area (Å²) in [6, 6.07) is 0.582. The zero-order valence-corrected chi connectivity index (χ0v) is 11.1. The molecule has 1 aliphatic heterocycles. The van der Waals surface area contributed by atoms with Gasteiger partial charge in [0.1, 0.15) is 0 Å². The Balaban J connectivity index is 1.99. The molecule has 1 saturated carbocycles. The normalized spacial score (nSPS) is 23.9. The van der Waals surface area contributed by atoms with E-state index in [1.54, 1.807) is 6.92 Å².